The molecule has 0 saturated heterocycles. The van der Waals surface area contributed by atoms with Crippen LogP contribution in [0.3, 0.4) is 0 Å². The van der Waals surface area contributed by atoms with E-state index in [1.807, 2.05) is 12.1 Å². The van der Waals surface area contributed by atoms with Crippen LogP contribution in [0.25, 0.3) is 0 Å². The summed E-state index contributed by atoms with van der Waals surface area (Å²) in [6.07, 6.45) is -2.49. The average molecular weight is 328 g/mol. The minimum Gasteiger partial charge on any atom is -0.375 e. The molecule has 1 aromatic heterocycles. The molecular weight excluding hydrogens is 313 g/mol. The molecule has 1 aromatic carbocycles. The highest BCUT2D eigenvalue weighted by Crippen LogP contribution is 2.35. The number of nitrogen functional groups attached to an aromatic ring is 1. The number of anilines is 3. The zero-order valence-electron chi connectivity index (χ0n) is 11.7. The SMILES string of the molecule is Nc1ncc(CN2CCN(CC(F)(F)F)c3ccccc32)s1. The van der Waals surface area contributed by atoms with Crippen LogP contribution in [-0.2, 0) is 6.54 Å². The van der Waals surface area contributed by atoms with Gasteiger partial charge < -0.3 is 15.5 Å². The number of halogens is 3. The van der Waals surface area contributed by atoms with E-state index >= 15 is 0 Å². The first kappa shape index (κ1) is 15.0. The summed E-state index contributed by atoms with van der Waals surface area (Å²) in [7, 11) is 0. The number of nitrogens with zero attached hydrogens (tertiary/aromatic N) is 3. The van der Waals surface area contributed by atoms with Gasteiger partial charge in [-0.05, 0) is 12.1 Å². The van der Waals surface area contributed by atoms with Crippen LogP contribution >= 0.6 is 11.3 Å². The van der Waals surface area contributed by atoms with Crippen LogP contribution in [0, 0.1) is 0 Å². The summed E-state index contributed by atoms with van der Waals surface area (Å²) in [5, 5.41) is 0.499. The van der Waals surface area contributed by atoms with Gasteiger partial charge in [-0.3, -0.25) is 0 Å². The lowest BCUT2D eigenvalue weighted by atomic mass is 10.1. The van der Waals surface area contributed by atoms with Gasteiger partial charge in [0.2, 0.25) is 0 Å². The predicted molar refractivity (Wildman–Crippen MR) is 82.3 cm³/mol. The maximum absolute atomic E-state index is 12.7. The molecule has 22 heavy (non-hydrogen) atoms. The van der Waals surface area contributed by atoms with E-state index in [0.29, 0.717) is 30.5 Å². The third-order valence-corrected chi connectivity index (χ3v) is 4.30. The summed E-state index contributed by atoms with van der Waals surface area (Å²) in [5.74, 6) is 0. The van der Waals surface area contributed by atoms with Crippen LogP contribution in [0.15, 0.2) is 30.5 Å². The van der Waals surface area contributed by atoms with Gasteiger partial charge >= 0.3 is 6.18 Å². The number of rotatable bonds is 3. The molecule has 0 radical (unpaired) electrons. The van der Waals surface area contributed by atoms with Crippen molar-refractivity contribution < 1.29 is 13.2 Å². The van der Waals surface area contributed by atoms with Gasteiger partial charge in [0.1, 0.15) is 6.54 Å². The zero-order chi connectivity index (χ0) is 15.7. The molecule has 0 saturated carbocycles. The highest BCUT2D eigenvalue weighted by Gasteiger charge is 2.34. The van der Waals surface area contributed by atoms with Gasteiger partial charge in [0.15, 0.2) is 5.13 Å². The van der Waals surface area contributed by atoms with Gasteiger partial charge in [0, 0.05) is 24.2 Å². The lowest BCUT2D eigenvalue weighted by Crippen LogP contribution is -2.44. The van der Waals surface area contributed by atoms with Crippen molar-refractivity contribution in [3.8, 4) is 0 Å². The van der Waals surface area contributed by atoms with Crippen LogP contribution in [0.4, 0.5) is 29.7 Å². The van der Waals surface area contributed by atoms with Gasteiger partial charge in [0.05, 0.1) is 17.9 Å². The summed E-state index contributed by atoms with van der Waals surface area (Å²) in [6.45, 7) is 0.548. The van der Waals surface area contributed by atoms with Gasteiger partial charge in [-0.25, -0.2) is 4.98 Å². The van der Waals surface area contributed by atoms with Crippen molar-refractivity contribution in [2.24, 2.45) is 0 Å². The maximum atomic E-state index is 12.7. The molecule has 0 spiro atoms. The van der Waals surface area contributed by atoms with E-state index in [2.05, 4.69) is 9.88 Å². The first-order chi connectivity index (χ1) is 10.4. The van der Waals surface area contributed by atoms with Crippen molar-refractivity contribution in [1.82, 2.24) is 4.98 Å². The number of thiazole rings is 1. The van der Waals surface area contributed by atoms with Gasteiger partial charge in [-0.15, -0.1) is 11.3 Å². The molecule has 1 aliphatic rings. The van der Waals surface area contributed by atoms with Gasteiger partial charge in [-0.1, -0.05) is 12.1 Å². The van der Waals surface area contributed by atoms with E-state index in [0.717, 1.165) is 10.6 Å². The standard InChI is InChI=1S/C14H15F3N4S/c15-14(16,17)9-21-6-5-20(8-10-7-19-13(18)22-10)11-3-1-2-4-12(11)21/h1-4,7H,5-6,8-9H2,(H2,18,19). The number of nitrogens with two attached hydrogens (primary N) is 1. The second-order valence-corrected chi connectivity index (χ2v) is 6.26. The molecule has 8 heteroatoms. The Labute approximate surface area is 130 Å². The first-order valence-corrected chi connectivity index (χ1v) is 7.60. The minimum atomic E-state index is -4.21. The third kappa shape index (κ3) is 3.27. The van der Waals surface area contributed by atoms with Crippen molar-refractivity contribution in [3.63, 3.8) is 0 Å². The van der Waals surface area contributed by atoms with Crippen molar-refractivity contribution >= 4 is 27.8 Å². The molecule has 0 amide bonds. The quantitative estimate of drug-likeness (QED) is 0.940. The molecular formula is C14H15F3N4S. The molecule has 2 N–H and O–H groups in total. The van der Waals surface area contributed by atoms with E-state index in [9.17, 15) is 13.2 Å². The number of alkyl halides is 3. The van der Waals surface area contributed by atoms with Crippen LogP contribution in [0.5, 0.6) is 0 Å². The largest absolute Gasteiger partial charge is 0.405 e. The molecule has 0 atom stereocenters. The van der Waals surface area contributed by atoms with Crippen molar-refractivity contribution in [2.45, 2.75) is 12.7 Å². The fourth-order valence-electron chi connectivity index (χ4n) is 2.61. The Hall–Kier alpha value is -1.96. The second kappa shape index (κ2) is 5.68. The van der Waals surface area contributed by atoms with E-state index in [1.165, 1.54) is 16.2 Å². The normalized spacial score (nSPS) is 15.0. The summed E-state index contributed by atoms with van der Waals surface area (Å²) in [5.41, 5.74) is 7.05. The number of hydrogen-bond donors (Lipinski definition) is 1. The van der Waals surface area contributed by atoms with E-state index in [-0.39, 0.29) is 0 Å². The number of hydrogen-bond acceptors (Lipinski definition) is 5. The van der Waals surface area contributed by atoms with Crippen LogP contribution in [0.2, 0.25) is 0 Å². The monoisotopic (exact) mass is 328 g/mol. The Morgan fingerprint density at radius 1 is 1.14 bits per heavy atom. The second-order valence-electron chi connectivity index (χ2n) is 5.11. The Balaban J connectivity index is 1.84. The molecule has 1 aliphatic heterocycles. The van der Waals surface area contributed by atoms with E-state index < -0.39 is 12.7 Å². The molecule has 0 fully saturated rings. The topological polar surface area (TPSA) is 45.4 Å². The maximum Gasteiger partial charge on any atom is 0.405 e. The lowest BCUT2D eigenvalue weighted by Gasteiger charge is -2.39. The van der Waals surface area contributed by atoms with E-state index in [4.69, 9.17) is 5.73 Å². The Bertz CT molecular complexity index is 656. The molecule has 2 aromatic rings. The van der Waals surface area contributed by atoms with Crippen LogP contribution in [0.1, 0.15) is 4.88 Å². The molecule has 2 heterocycles. The number of benzene rings is 1. The Kier molecular flexibility index (Phi) is 3.86. The van der Waals surface area contributed by atoms with Crippen molar-refractivity contribution in [1.29, 1.82) is 0 Å². The molecule has 118 valence electrons. The van der Waals surface area contributed by atoms with Gasteiger partial charge in [-0.2, -0.15) is 13.2 Å². The fraction of sp³-hybridized carbons (Fsp3) is 0.357. The smallest absolute Gasteiger partial charge is 0.375 e. The summed E-state index contributed by atoms with van der Waals surface area (Å²) in [6, 6.07) is 7.18. The van der Waals surface area contributed by atoms with Crippen molar-refractivity contribution in [2.75, 3.05) is 35.2 Å². The summed E-state index contributed by atoms with van der Waals surface area (Å²) < 4.78 is 38.1. The Morgan fingerprint density at radius 3 is 2.36 bits per heavy atom. The average Bonchev–Trinajstić information content (AvgIpc) is 2.86. The fourth-order valence-corrected chi connectivity index (χ4v) is 3.31. The van der Waals surface area contributed by atoms with Crippen molar-refractivity contribution in [3.05, 3.63) is 35.3 Å². The zero-order valence-corrected chi connectivity index (χ0v) is 12.5. The minimum absolute atomic E-state index is 0.338. The molecule has 4 nitrogen and oxygen atoms in total. The summed E-state index contributed by atoms with van der Waals surface area (Å²) >= 11 is 1.40. The van der Waals surface area contributed by atoms with Gasteiger partial charge in [0.25, 0.3) is 0 Å². The lowest BCUT2D eigenvalue weighted by molar-refractivity contribution is -0.119. The molecule has 3 rings (SSSR count). The number of aromatic nitrogens is 1. The summed E-state index contributed by atoms with van der Waals surface area (Å²) in [4.78, 5) is 8.46. The third-order valence-electron chi connectivity index (χ3n) is 3.49. The highest BCUT2D eigenvalue weighted by atomic mass is 32.1. The number of fused-ring (bicyclic) bond motifs is 1. The van der Waals surface area contributed by atoms with Crippen LogP contribution in [-0.4, -0.2) is 30.8 Å². The Morgan fingerprint density at radius 2 is 1.77 bits per heavy atom. The van der Waals surface area contributed by atoms with E-state index in [1.54, 1.807) is 18.3 Å². The van der Waals surface area contributed by atoms with Crippen LogP contribution < -0.4 is 15.5 Å². The molecule has 0 unspecified atom stereocenters. The first-order valence-electron chi connectivity index (χ1n) is 6.78. The predicted octanol–water partition coefficient (Wildman–Crippen LogP) is 3.11. The number of para-hydroxylation sites is 2. The molecule has 0 bridgehead atoms. The molecule has 0 aliphatic carbocycles. The highest BCUT2D eigenvalue weighted by molar-refractivity contribution is 7.15.